The third kappa shape index (κ3) is 5.48. The summed E-state index contributed by atoms with van der Waals surface area (Å²) >= 11 is 0. The van der Waals surface area contributed by atoms with Gasteiger partial charge in [0.05, 0.1) is 19.3 Å². The van der Waals surface area contributed by atoms with Gasteiger partial charge in [-0.15, -0.1) is 0 Å². The molecule has 1 heterocycles. The molecule has 0 aromatic rings. The minimum atomic E-state index is -0.310. The van der Waals surface area contributed by atoms with E-state index in [0.717, 1.165) is 26.1 Å². The number of likely N-dealkylation sites (tertiary alicyclic amines) is 1. The van der Waals surface area contributed by atoms with Crippen molar-refractivity contribution >= 4 is 5.97 Å². The first kappa shape index (κ1) is 14.4. The lowest BCUT2D eigenvalue weighted by molar-refractivity contribution is -0.148. The summed E-state index contributed by atoms with van der Waals surface area (Å²) in [6.07, 6.45) is 0.644. The number of rotatable bonds is 6. The van der Waals surface area contributed by atoms with Crippen LogP contribution in [0.3, 0.4) is 0 Å². The molecule has 0 bridgehead atoms. The molecule has 0 amide bonds. The minimum Gasteiger partial charge on any atom is -0.464 e. The van der Waals surface area contributed by atoms with Crippen molar-refractivity contribution in [3.05, 3.63) is 0 Å². The SMILES string of the molecule is CCOC(=O)COCCN1CCC(O)C(C)C1. The molecule has 0 aliphatic carbocycles. The maximum atomic E-state index is 11.0. The van der Waals surface area contributed by atoms with E-state index < -0.39 is 0 Å². The first-order valence-electron chi connectivity index (χ1n) is 6.27. The van der Waals surface area contributed by atoms with E-state index in [1.165, 1.54) is 0 Å². The maximum absolute atomic E-state index is 11.0. The first-order chi connectivity index (χ1) is 8.13. The summed E-state index contributed by atoms with van der Waals surface area (Å²) in [5.41, 5.74) is 0. The summed E-state index contributed by atoms with van der Waals surface area (Å²) in [7, 11) is 0. The highest BCUT2D eigenvalue weighted by atomic mass is 16.6. The molecule has 5 heteroatoms. The Labute approximate surface area is 103 Å². The Kier molecular flexibility index (Phi) is 6.47. The average molecular weight is 245 g/mol. The summed E-state index contributed by atoms with van der Waals surface area (Å²) in [5.74, 6) is 0.00346. The fraction of sp³-hybridized carbons (Fsp3) is 0.917. The molecule has 2 atom stereocenters. The molecule has 0 aromatic carbocycles. The van der Waals surface area contributed by atoms with Crippen LogP contribution in [0.2, 0.25) is 0 Å². The number of hydrogen-bond donors (Lipinski definition) is 1. The van der Waals surface area contributed by atoms with Gasteiger partial charge in [0.15, 0.2) is 0 Å². The lowest BCUT2D eigenvalue weighted by atomic mass is 9.97. The molecule has 17 heavy (non-hydrogen) atoms. The molecule has 100 valence electrons. The van der Waals surface area contributed by atoms with Crippen molar-refractivity contribution in [2.45, 2.75) is 26.4 Å². The van der Waals surface area contributed by atoms with Crippen LogP contribution in [0.25, 0.3) is 0 Å². The smallest absolute Gasteiger partial charge is 0.332 e. The zero-order valence-corrected chi connectivity index (χ0v) is 10.7. The van der Waals surface area contributed by atoms with Gasteiger partial charge in [-0.25, -0.2) is 4.79 Å². The largest absolute Gasteiger partial charge is 0.464 e. The predicted octanol–water partition coefficient (Wildman–Crippen LogP) is 0.269. The molecule has 1 fully saturated rings. The second-order valence-electron chi connectivity index (χ2n) is 4.49. The van der Waals surface area contributed by atoms with Gasteiger partial charge in [0.1, 0.15) is 6.61 Å². The van der Waals surface area contributed by atoms with Gasteiger partial charge in [0.2, 0.25) is 0 Å². The summed E-state index contributed by atoms with van der Waals surface area (Å²) in [6.45, 7) is 7.37. The van der Waals surface area contributed by atoms with Crippen molar-refractivity contribution in [3.63, 3.8) is 0 Å². The third-order valence-electron chi connectivity index (χ3n) is 3.02. The fourth-order valence-electron chi connectivity index (χ4n) is 1.97. The molecular formula is C12H23NO4. The second-order valence-corrected chi connectivity index (χ2v) is 4.49. The zero-order chi connectivity index (χ0) is 12.7. The number of carbonyl (C=O) groups is 1. The number of carbonyl (C=O) groups excluding carboxylic acids is 1. The van der Waals surface area contributed by atoms with Gasteiger partial charge in [-0.1, -0.05) is 6.92 Å². The Bertz CT molecular complexity index is 235. The molecule has 2 unspecified atom stereocenters. The van der Waals surface area contributed by atoms with Gasteiger partial charge >= 0.3 is 5.97 Å². The van der Waals surface area contributed by atoms with E-state index in [0.29, 0.717) is 19.1 Å². The molecule has 1 rings (SSSR count). The standard InChI is InChI=1S/C12H23NO4/c1-3-17-12(15)9-16-7-6-13-5-4-11(14)10(2)8-13/h10-11,14H,3-9H2,1-2H3. The Morgan fingerprint density at radius 3 is 2.94 bits per heavy atom. The number of ether oxygens (including phenoxy) is 2. The first-order valence-corrected chi connectivity index (χ1v) is 6.27. The Balaban J connectivity index is 2.05. The predicted molar refractivity (Wildman–Crippen MR) is 63.7 cm³/mol. The lowest BCUT2D eigenvalue weighted by Crippen LogP contribution is -2.43. The van der Waals surface area contributed by atoms with Crippen LogP contribution >= 0.6 is 0 Å². The van der Waals surface area contributed by atoms with Crippen molar-refractivity contribution in [2.24, 2.45) is 5.92 Å². The van der Waals surface area contributed by atoms with Crippen molar-refractivity contribution in [2.75, 3.05) is 39.5 Å². The van der Waals surface area contributed by atoms with Crippen LogP contribution in [-0.2, 0) is 14.3 Å². The average Bonchev–Trinajstić information content (AvgIpc) is 2.29. The van der Waals surface area contributed by atoms with Gasteiger partial charge < -0.3 is 19.5 Å². The van der Waals surface area contributed by atoms with E-state index in [-0.39, 0.29) is 18.7 Å². The highest BCUT2D eigenvalue weighted by Gasteiger charge is 2.23. The number of aliphatic hydroxyl groups is 1. The molecule has 0 spiro atoms. The molecule has 0 radical (unpaired) electrons. The lowest BCUT2D eigenvalue weighted by Gasteiger charge is -2.34. The Morgan fingerprint density at radius 1 is 1.53 bits per heavy atom. The van der Waals surface area contributed by atoms with E-state index in [1.54, 1.807) is 6.92 Å². The van der Waals surface area contributed by atoms with E-state index in [9.17, 15) is 9.90 Å². The summed E-state index contributed by atoms with van der Waals surface area (Å²) < 4.78 is 9.99. The highest BCUT2D eigenvalue weighted by molar-refractivity contribution is 5.70. The summed E-state index contributed by atoms with van der Waals surface area (Å²) in [4.78, 5) is 13.2. The van der Waals surface area contributed by atoms with Crippen molar-refractivity contribution in [3.8, 4) is 0 Å². The van der Waals surface area contributed by atoms with Crippen LogP contribution in [0.15, 0.2) is 0 Å². The molecule has 5 nitrogen and oxygen atoms in total. The number of nitrogens with zero attached hydrogens (tertiary/aromatic N) is 1. The molecular weight excluding hydrogens is 222 g/mol. The molecule has 1 aliphatic heterocycles. The molecule has 1 aliphatic rings. The number of hydrogen-bond acceptors (Lipinski definition) is 5. The van der Waals surface area contributed by atoms with Crippen LogP contribution in [-0.4, -0.2) is 61.5 Å². The third-order valence-corrected chi connectivity index (χ3v) is 3.02. The van der Waals surface area contributed by atoms with E-state index >= 15 is 0 Å². The minimum absolute atomic E-state index is 0.0276. The van der Waals surface area contributed by atoms with Crippen LogP contribution in [0.4, 0.5) is 0 Å². The molecule has 0 saturated carbocycles. The molecule has 0 aromatic heterocycles. The van der Waals surface area contributed by atoms with Crippen LogP contribution in [0.1, 0.15) is 20.3 Å². The maximum Gasteiger partial charge on any atom is 0.332 e. The molecule has 1 saturated heterocycles. The summed E-state index contributed by atoms with van der Waals surface area (Å²) in [6, 6.07) is 0. The second kappa shape index (κ2) is 7.63. The van der Waals surface area contributed by atoms with Crippen LogP contribution < -0.4 is 0 Å². The zero-order valence-electron chi connectivity index (χ0n) is 10.7. The van der Waals surface area contributed by atoms with Gasteiger partial charge in [-0.2, -0.15) is 0 Å². The Morgan fingerprint density at radius 2 is 2.29 bits per heavy atom. The number of aliphatic hydroxyl groups excluding tert-OH is 1. The topological polar surface area (TPSA) is 59.0 Å². The van der Waals surface area contributed by atoms with E-state index in [4.69, 9.17) is 9.47 Å². The van der Waals surface area contributed by atoms with E-state index in [1.807, 2.05) is 0 Å². The van der Waals surface area contributed by atoms with Gasteiger partial charge in [-0.3, -0.25) is 0 Å². The van der Waals surface area contributed by atoms with Crippen molar-refractivity contribution < 1.29 is 19.4 Å². The normalized spacial score (nSPS) is 25.8. The fourth-order valence-corrected chi connectivity index (χ4v) is 1.97. The highest BCUT2D eigenvalue weighted by Crippen LogP contribution is 2.15. The Hall–Kier alpha value is -0.650. The van der Waals surface area contributed by atoms with E-state index in [2.05, 4.69) is 11.8 Å². The van der Waals surface area contributed by atoms with Gasteiger partial charge in [0, 0.05) is 19.6 Å². The van der Waals surface area contributed by atoms with Crippen LogP contribution in [0, 0.1) is 5.92 Å². The van der Waals surface area contributed by atoms with Crippen molar-refractivity contribution in [1.29, 1.82) is 0 Å². The molecule has 1 N–H and O–H groups in total. The quantitative estimate of drug-likeness (QED) is 0.537. The van der Waals surface area contributed by atoms with Gasteiger partial charge in [0.25, 0.3) is 0 Å². The monoisotopic (exact) mass is 245 g/mol. The van der Waals surface area contributed by atoms with Crippen LogP contribution in [0.5, 0.6) is 0 Å². The number of piperidine rings is 1. The summed E-state index contributed by atoms with van der Waals surface area (Å²) in [5, 5.41) is 9.58. The van der Waals surface area contributed by atoms with Crippen molar-refractivity contribution in [1.82, 2.24) is 4.90 Å². The van der Waals surface area contributed by atoms with Gasteiger partial charge in [-0.05, 0) is 19.3 Å². The number of esters is 1.